The van der Waals surface area contributed by atoms with E-state index in [2.05, 4.69) is 5.32 Å². The van der Waals surface area contributed by atoms with Gasteiger partial charge in [0.2, 0.25) is 5.91 Å². The Morgan fingerprint density at radius 3 is 2.41 bits per heavy atom. The summed E-state index contributed by atoms with van der Waals surface area (Å²) >= 11 is 0. The number of nitrogens with one attached hydrogen (secondary N) is 1. The maximum absolute atomic E-state index is 14.3. The summed E-state index contributed by atoms with van der Waals surface area (Å²) < 4.78 is 41.6. The number of nitriles is 1. The lowest BCUT2D eigenvalue weighted by Crippen LogP contribution is -2.81. The molecule has 2 aromatic carbocycles. The highest BCUT2D eigenvalue weighted by Gasteiger charge is 2.61. The van der Waals surface area contributed by atoms with E-state index in [0.717, 1.165) is 25.8 Å². The van der Waals surface area contributed by atoms with Crippen molar-refractivity contribution in [1.29, 1.82) is 5.26 Å². The quantitative estimate of drug-likeness (QED) is 0.667. The van der Waals surface area contributed by atoms with Crippen molar-refractivity contribution < 1.29 is 27.6 Å². The second-order valence-electron chi connectivity index (χ2n) is 9.84. The van der Waals surface area contributed by atoms with Crippen LogP contribution in [0.15, 0.2) is 42.5 Å². The number of amides is 4. The summed E-state index contributed by atoms with van der Waals surface area (Å²) in [6.45, 7) is 0.284. The number of likely N-dealkylation sites (tertiary alicyclic amines) is 1. The number of halogens is 3. The van der Waals surface area contributed by atoms with Gasteiger partial charge in [-0.2, -0.15) is 5.26 Å². The molecule has 0 atom stereocenters. The molecule has 0 unspecified atom stereocenters. The molecule has 0 aromatic heterocycles. The average Bonchev–Trinajstić information content (AvgIpc) is 3.64. The molecule has 2 saturated heterocycles. The molecule has 1 N–H and O–H groups in total. The minimum atomic E-state index is -3.02. The van der Waals surface area contributed by atoms with Crippen LogP contribution in [0, 0.1) is 17.1 Å². The van der Waals surface area contributed by atoms with Gasteiger partial charge < -0.3 is 20.0 Å². The second-order valence-corrected chi connectivity index (χ2v) is 9.84. The monoisotopic (exact) mass is 511 g/mol. The highest BCUT2D eigenvalue weighted by atomic mass is 19.3. The number of benzene rings is 2. The summed E-state index contributed by atoms with van der Waals surface area (Å²) in [7, 11) is 0. The van der Waals surface area contributed by atoms with Crippen molar-refractivity contribution in [3.05, 3.63) is 65.0 Å². The average molecular weight is 512 g/mol. The smallest absolute Gasteiger partial charge is 0.317 e. The van der Waals surface area contributed by atoms with Gasteiger partial charge in [0.25, 0.3) is 11.8 Å². The molecule has 2 heterocycles. The first-order valence-electron chi connectivity index (χ1n) is 11.9. The lowest BCUT2D eigenvalue weighted by molar-refractivity contribution is -0.161. The molecule has 11 heteroatoms. The molecule has 2 aromatic rings. The Morgan fingerprint density at radius 2 is 1.84 bits per heavy atom. The SMILES string of the molecule is CC(F)(F)c1ccc(CN2C(=O)CN(c3ccc(C#N)c(F)c3)C(=O)C23CN(C(=O)NC2CC2)C3)cc1. The summed E-state index contributed by atoms with van der Waals surface area (Å²) in [5, 5.41) is 11.9. The molecule has 0 bridgehead atoms. The molecule has 8 nitrogen and oxygen atoms in total. The first-order chi connectivity index (χ1) is 17.5. The molecule has 0 radical (unpaired) electrons. The highest BCUT2D eigenvalue weighted by molar-refractivity contribution is 6.10. The van der Waals surface area contributed by atoms with Gasteiger partial charge in [0, 0.05) is 30.8 Å². The minimum Gasteiger partial charge on any atom is -0.335 e. The Morgan fingerprint density at radius 1 is 1.16 bits per heavy atom. The molecule has 1 aliphatic carbocycles. The number of alkyl halides is 2. The largest absolute Gasteiger partial charge is 0.335 e. The Bertz CT molecular complexity index is 1310. The fourth-order valence-electron chi connectivity index (χ4n) is 4.72. The third kappa shape index (κ3) is 4.48. The van der Waals surface area contributed by atoms with E-state index in [-0.39, 0.29) is 55.1 Å². The first kappa shape index (κ1) is 24.6. The zero-order valence-electron chi connectivity index (χ0n) is 20.0. The number of hydrogen-bond acceptors (Lipinski definition) is 4. The van der Waals surface area contributed by atoms with Crippen LogP contribution in [-0.2, 0) is 22.1 Å². The Labute approximate surface area is 211 Å². The van der Waals surface area contributed by atoms with Gasteiger partial charge in [-0.3, -0.25) is 9.59 Å². The number of carbonyl (C=O) groups is 3. The summed E-state index contributed by atoms with van der Waals surface area (Å²) in [5.74, 6) is -4.75. The van der Waals surface area contributed by atoms with Gasteiger partial charge in [-0.1, -0.05) is 24.3 Å². The minimum absolute atomic E-state index is 0.0200. The van der Waals surface area contributed by atoms with Crippen LogP contribution in [0.2, 0.25) is 0 Å². The van der Waals surface area contributed by atoms with Crippen molar-refractivity contribution in [2.75, 3.05) is 24.5 Å². The van der Waals surface area contributed by atoms with Crippen molar-refractivity contribution >= 4 is 23.5 Å². The lowest BCUT2D eigenvalue weighted by atomic mass is 9.83. The second kappa shape index (κ2) is 8.80. The number of nitrogens with zero attached hydrogens (tertiary/aromatic N) is 4. The standard InChI is InChI=1S/C26H24F3N5O3/c1-25(28,29)18-5-2-16(3-6-18)12-34-22(35)13-33(20-9-4-17(11-30)21(27)10-20)23(36)26(34)14-32(15-26)24(37)31-19-7-8-19/h2-6,9-10,19H,7-8,12-15H2,1H3,(H,31,37). The van der Waals surface area contributed by atoms with Crippen molar-refractivity contribution in [2.45, 2.75) is 43.8 Å². The number of urea groups is 1. The predicted octanol–water partition coefficient (Wildman–Crippen LogP) is 3.11. The van der Waals surface area contributed by atoms with Gasteiger partial charge in [-0.15, -0.1) is 0 Å². The van der Waals surface area contributed by atoms with Crippen LogP contribution in [-0.4, -0.2) is 58.9 Å². The third-order valence-corrected chi connectivity index (χ3v) is 7.04. The maximum Gasteiger partial charge on any atom is 0.317 e. The van der Waals surface area contributed by atoms with E-state index in [1.165, 1.54) is 51.1 Å². The van der Waals surface area contributed by atoms with E-state index in [4.69, 9.17) is 5.26 Å². The number of anilines is 1. The van der Waals surface area contributed by atoms with E-state index in [9.17, 15) is 27.6 Å². The molecular weight excluding hydrogens is 487 g/mol. The molecule has 5 rings (SSSR count). The van der Waals surface area contributed by atoms with Crippen LogP contribution in [0.5, 0.6) is 0 Å². The van der Waals surface area contributed by atoms with Crippen molar-refractivity contribution in [2.24, 2.45) is 0 Å². The van der Waals surface area contributed by atoms with Gasteiger partial charge in [-0.25, -0.2) is 18.0 Å². The molecule has 1 saturated carbocycles. The molecular formula is C26H24F3N5O3. The number of hydrogen-bond donors (Lipinski definition) is 1. The van der Waals surface area contributed by atoms with E-state index in [0.29, 0.717) is 5.56 Å². The van der Waals surface area contributed by atoms with Crippen LogP contribution in [0.3, 0.4) is 0 Å². The van der Waals surface area contributed by atoms with Crippen molar-refractivity contribution in [3.63, 3.8) is 0 Å². The van der Waals surface area contributed by atoms with Crippen LogP contribution in [0.4, 0.5) is 23.7 Å². The molecule has 37 heavy (non-hydrogen) atoms. The zero-order chi connectivity index (χ0) is 26.5. The zero-order valence-corrected chi connectivity index (χ0v) is 20.0. The number of piperazine rings is 1. The van der Waals surface area contributed by atoms with Gasteiger partial charge >= 0.3 is 6.03 Å². The summed E-state index contributed by atoms with van der Waals surface area (Å²) in [4.78, 5) is 43.8. The van der Waals surface area contributed by atoms with Crippen LogP contribution in [0.1, 0.15) is 36.5 Å². The summed E-state index contributed by atoms with van der Waals surface area (Å²) in [6, 6.07) is 10.7. The van der Waals surface area contributed by atoms with Crippen LogP contribution in [0.25, 0.3) is 0 Å². The summed E-state index contributed by atoms with van der Waals surface area (Å²) in [5.41, 5.74) is -1.08. The maximum atomic E-state index is 14.3. The molecule has 192 valence electrons. The van der Waals surface area contributed by atoms with Crippen LogP contribution < -0.4 is 10.2 Å². The molecule has 3 aliphatic rings. The Balaban J connectivity index is 1.44. The van der Waals surface area contributed by atoms with E-state index >= 15 is 0 Å². The molecule has 4 amide bonds. The first-order valence-corrected chi connectivity index (χ1v) is 11.9. The van der Waals surface area contributed by atoms with Gasteiger partial charge in [-0.05, 0) is 36.6 Å². The third-order valence-electron chi connectivity index (χ3n) is 7.04. The van der Waals surface area contributed by atoms with Gasteiger partial charge in [0.05, 0.1) is 18.7 Å². The Kier molecular flexibility index (Phi) is 5.85. The molecule has 3 fully saturated rings. The predicted molar refractivity (Wildman–Crippen MR) is 126 cm³/mol. The Hall–Kier alpha value is -4.07. The molecule has 1 spiro atoms. The van der Waals surface area contributed by atoms with Crippen LogP contribution >= 0.6 is 0 Å². The fraction of sp³-hybridized carbons (Fsp3) is 0.385. The highest BCUT2D eigenvalue weighted by Crippen LogP contribution is 2.38. The van der Waals surface area contributed by atoms with E-state index in [1.54, 1.807) is 6.07 Å². The number of rotatable bonds is 5. The van der Waals surface area contributed by atoms with Gasteiger partial charge in [0.1, 0.15) is 18.4 Å². The molecule has 2 aliphatic heterocycles. The van der Waals surface area contributed by atoms with E-state index < -0.39 is 29.1 Å². The topological polar surface area (TPSA) is 96.8 Å². The fourth-order valence-corrected chi connectivity index (χ4v) is 4.72. The normalized spacial score (nSPS) is 19.1. The van der Waals surface area contributed by atoms with E-state index in [1.807, 2.05) is 0 Å². The number of carbonyl (C=O) groups excluding carboxylic acids is 3. The summed E-state index contributed by atoms with van der Waals surface area (Å²) in [6.07, 6.45) is 1.78. The lowest BCUT2D eigenvalue weighted by Gasteiger charge is -2.57. The van der Waals surface area contributed by atoms with Crippen molar-refractivity contribution in [1.82, 2.24) is 15.1 Å². The van der Waals surface area contributed by atoms with Gasteiger partial charge in [0.15, 0.2) is 5.54 Å². The van der Waals surface area contributed by atoms with Crippen molar-refractivity contribution in [3.8, 4) is 6.07 Å².